The van der Waals surface area contributed by atoms with Crippen molar-refractivity contribution >= 4 is 7.60 Å². The fraction of sp³-hybridized carbons (Fsp3) is 0.852. The number of aliphatic hydroxyl groups is 1. The van der Waals surface area contributed by atoms with E-state index >= 15 is 0 Å². The molecule has 0 aromatic heterocycles. The van der Waals surface area contributed by atoms with Crippen LogP contribution in [-0.4, -0.2) is 52.4 Å². The van der Waals surface area contributed by atoms with E-state index in [1.165, 1.54) is 77.0 Å². The summed E-state index contributed by atoms with van der Waals surface area (Å²) >= 11 is 0. The molecule has 0 amide bonds. The summed E-state index contributed by atoms with van der Waals surface area (Å²) in [7, 11) is 0.976. The van der Waals surface area contributed by atoms with Crippen LogP contribution >= 0.6 is 7.60 Å². The van der Waals surface area contributed by atoms with Crippen LogP contribution in [0.3, 0.4) is 0 Å². The lowest BCUT2D eigenvalue weighted by Crippen LogP contribution is -2.49. The maximum atomic E-state index is 11.8. The van der Waals surface area contributed by atoms with Gasteiger partial charge in [-0.25, -0.2) is 0 Å². The number of hydrogen-bond donors (Lipinski definition) is 3. The van der Waals surface area contributed by atoms with Crippen LogP contribution in [0.15, 0.2) is 24.3 Å². The molecule has 0 heterocycles. The zero-order valence-corrected chi connectivity index (χ0v) is 23.1. The SMILES string of the molecule is CC/C=C\CCC/C=C\CCCCCCCCCCCCCC(O)(C[N+](C)(C)C)P(=O)(O)O. The lowest BCUT2D eigenvalue weighted by atomic mass is 10.0. The second-order valence-corrected chi connectivity index (χ2v) is 12.6. The molecule has 0 fully saturated rings. The van der Waals surface area contributed by atoms with E-state index in [1.807, 2.05) is 21.1 Å². The second kappa shape index (κ2) is 18.8. The zero-order chi connectivity index (χ0) is 25.1. The van der Waals surface area contributed by atoms with Crippen LogP contribution in [-0.2, 0) is 4.57 Å². The molecule has 0 bridgehead atoms. The smallest absolute Gasteiger partial charge is 0.362 e. The minimum atomic E-state index is -4.55. The average molecular weight is 489 g/mol. The fourth-order valence-corrected chi connectivity index (χ4v) is 5.27. The van der Waals surface area contributed by atoms with E-state index in [2.05, 4.69) is 31.2 Å². The Balaban J connectivity index is 3.57. The van der Waals surface area contributed by atoms with Gasteiger partial charge in [-0.1, -0.05) is 89.0 Å². The van der Waals surface area contributed by atoms with Crippen LogP contribution < -0.4 is 0 Å². The summed E-state index contributed by atoms with van der Waals surface area (Å²) in [6.45, 7) is 2.24. The van der Waals surface area contributed by atoms with Crippen LogP contribution in [0.2, 0.25) is 0 Å². The van der Waals surface area contributed by atoms with Crippen molar-refractivity contribution in [2.75, 3.05) is 27.7 Å². The predicted octanol–water partition coefficient (Wildman–Crippen LogP) is 7.32. The molecule has 0 aromatic carbocycles. The Morgan fingerprint density at radius 2 is 1.06 bits per heavy atom. The van der Waals surface area contributed by atoms with E-state index in [9.17, 15) is 19.5 Å². The number of likely N-dealkylation sites (N-methyl/N-ethyl adjacent to an activating group) is 1. The molecule has 0 aliphatic heterocycles. The van der Waals surface area contributed by atoms with Gasteiger partial charge >= 0.3 is 7.60 Å². The summed E-state index contributed by atoms with van der Waals surface area (Å²) in [4.78, 5) is 19.2. The van der Waals surface area contributed by atoms with Gasteiger partial charge in [-0.05, 0) is 51.4 Å². The molecule has 6 heteroatoms. The highest BCUT2D eigenvalue weighted by molar-refractivity contribution is 7.53. The Morgan fingerprint density at radius 1 is 0.667 bits per heavy atom. The van der Waals surface area contributed by atoms with Gasteiger partial charge in [-0.15, -0.1) is 0 Å². The first-order chi connectivity index (χ1) is 15.5. The lowest BCUT2D eigenvalue weighted by molar-refractivity contribution is -0.875. The molecule has 196 valence electrons. The van der Waals surface area contributed by atoms with Crippen LogP contribution in [0, 0.1) is 0 Å². The third kappa shape index (κ3) is 19.5. The standard InChI is InChI=1S/C27H54NO4P/c1-5-6-7-8-9-10-11-12-13-14-15-16-17-18-19-20-21-22-23-24-25-27(29,33(30,31)32)26-28(2,3)4/h6-7,11-12,29H,5,8-10,13-26H2,1-4H3,(H-,30,31,32)/p+1/b7-6-,12-11-. The Bertz CT molecular complexity index is 565. The monoisotopic (exact) mass is 488 g/mol. The normalized spacial score (nSPS) is 15.0. The number of quaternary nitrogens is 1. The largest absolute Gasteiger partial charge is 0.373 e. The van der Waals surface area contributed by atoms with Crippen molar-refractivity contribution in [2.45, 2.75) is 121 Å². The summed E-state index contributed by atoms with van der Waals surface area (Å²) in [5, 5.41) is 8.64. The van der Waals surface area contributed by atoms with Crippen molar-refractivity contribution in [3.63, 3.8) is 0 Å². The van der Waals surface area contributed by atoms with Crippen molar-refractivity contribution in [2.24, 2.45) is 0 Å². The minimum absolute atomic E-state index is 0.0600. The number of allylic oxidation sites excluding steroid dienone is 4. The van der Waals surface area contributed by atoms with Crippen LogP contribution in [0.5, 0.6) is 0 Å². The molecule has 5 nitrogen and oxygen atoms in total. The highest BCUT2D eigenvalue weighted by Gasteiger charge is 2.48. The van der Waals surface area contributed by atoms with E-state index < -0.39 is 12.9 Å². The van der Waals surface area contributed by atoms with Gasteiger partial charge in [0.05, 0.1) is 21.1 Å². The highest BCUT2D eigenvalue weighted by Crippen LogP contribution is 2.52. The molecule has 0 aromatic rings. The quantitative estimate of drug-likeness (QED) is 0.0645. The maximum Gasteiger partial charge on any atom is 0.362 e. The molecule has 0 aliphatic rings. The highest BCUT2D eigenvalue weighted by atomic mass is 31.2. The third-order valence-corrected chi connectivity index (χ3v) is 7.48. The summed E-state index contributed by atoms with van der Waals surface area (Å²) in [5.74, 6) is 0. The van der Waals surface area contributed by atoms with Crippen molar-refractivity contribution in [3.8, 4) is 0 Å². The lowest BCUT2D eigenvalue weighted by Gasteiger charge is -2.35. The molecule has 0 aliphatic carbocycles. The Labute approximate surface area is 205 Å². The Hall–Kier alpha value is -0.450. The van der Waals surface area contributed by atoms with Gasteiger partial charge in [0.15, 0.2) is 0 Å². The number of rotatable bonds is 22. The van der Waals surface area contributed by atoms with E-state index in [0.717, 1.165) is 19.3 Å². The predicted molar refractivity (Wildman–Crippen MR) is 142 cm³/mol. The van der Waals surface area contributed by atoms with E-state index in [4.69, 9.17) is 0 Å². The average Bonchev–Trinajstić information content (AvgIpc) is 2.70. The molecule has 1 unspecified atom stereocenters. The molecule has 0 radical (unpaired) electrons. The first kappa shape index (κ1) is 32.5. The van der Waals surface area contributed by atoms with Crippen LogP contribution in [0.25, 0.3) is 0 Å². The summed E-state index contributed by atoms with van der Waals surface area (Å²) in [5.41, 5.74) is 0. The molecule has 1 atom stereocenters. The fourth-order valence-electron chi connectivity index (χ4n) is 4.21. The zero-order valence-electron chi connectivity index (χ0n) is 22.2. The summed E-state index contributed by atoms with van der Waals surface area (Å²) in [6, 6.07) is 0. The van der Waals surface area contributed by atoms with Crippen molar-refractivity contribution < 1.29 is 23.9 Å². The molecule has 0 spiro atoms. The van der Waals surface area contributed by atoms with E-state index in [-0.39, 0.29) is 13.0 Å². The Morgan fingerprint density at radius 3 is 1.48 bits per heavy atom. The second-order valence-electron chi connectivity index (χ2n) is 10.7. The molecule has 0 saturated heterocycles. The van der Waals surface area contributed by atoms with Gasteiger partial charge in [0.1, 0.15) is 6.54 Å². The molecule has 0 rings (SSSR count). The van der Waals surface area contributed by atoms with E-state index in [1.54, 1.807) is 0 Å². The van der Waals surface area contributed by atoms with Gasteiger partial charge in [-0.3, -0.25) is 4.57 Å². The van der Waals surface area contributed by atoms with Crippen molar-refractivity contribution in [1.82, 2.24) is 0 Å². The van der Waals surface area contributed by atoms with Gasteiger partial charge in [0.2, 0.25) is 5.34 Å². The van der Waals surface area contributed by atoms with Crippen molar-refractivity contribution in [1.29, 1.82) is 0 Å². The maximum absolute atomic E-state index is 11.8. The first-order valence-corrected chi connectivity index (χ1v) is 15.0. The van der Waals surface area contributed by atoms with Crippen LogP contribution in [0.1, 0.15) is 116 Å². The summed E-state index contributed by atoms with van der Waals surface area (Å²) < 4.78 is 12.1. The van der Waals surface area contributed by atoms with Gasteiger partial charge in [0.25, 0.3) is 0 Å². The number of hydrogen-bond acceptors (Lipinski definition) is 2. The summed E-state index contributed by atoms with van der Waals surface area (Å²) in [6.07, 6.45) is 28.4. The van der Waals surface area contributed by atoms with Gasteiger partial charge in [-0.2, -0.15) is 0 Å². The van der Waals surface area contributed by atoms with E-state index in [0.29, 0.717) is 10.9 Å². The van der Waals surface area contributed by atoms with Gasteiger partial charge < -0.3 is 19.4 Å². The minimum Gasteiger partial charge on any atom is -0.373 e. The van der Waals surface area contributed by atoms with Crippen LogP contribution in [0.4, 0.5) is 0 Å². The Kier molecular flexibility index (Phi) is 18.6. The molecule has 0 saturated carbocycles. The molecule has 3 N–H and O–H groups in total. The first-order valence-electron chi connectivity index (χ1n) is 13.4. The molecular formula is C27H55NO4P+. The van der Waals surface area contributed by atoms with Gasteiger partial charge in [0, 0.05) is 0 Å². The van der Waals surface area contributed by atoms with Crippen molar-refractivity contribution in [3.05, 3.63) is 24.3 Å². The number of unbranched alkanes of at least 4 members (excludes halogenated alkanes) is 13. The topological polar surface area (TPSA) is 77.8 Å². The third-order valence-electron chi connectivity index (χ3n) is 6.03. The number of nitrogens with zero attached hydrogens (tertiary/aromatic N) is 1. The molecule has 33 heavy (non-hydrogen) atoms. The molecular weight excluding hydrogens is 433 g/mol.